The van der Waals surface area contributed by atoms with Crippen LogP contribution in [-0.4, -0.2) is 29.7 Å². The largest absolute Gasteiger partial charge is 0.242 e. The Bertz CT molecular complexity index is 172. The lowest BCUT2D eigenvalue weighted by molar-refractivity contribution is 0.0272. The van der Waals surface area contributed by atoms with E-state index in [-0.39, 0.29) is 0 Å². The van der Waals surface area contributed by atoms with E-state index in [4.69, 9.17) is 5.26 Å². The molecule has 2 bridgehead atoms. The molecule has 10 heavy (non-hydrogen) atoms. The molecule has 0 aromatic carbocycles. The maximum atomic E-state index is 8.65. The van der Waals surface area contributed by atoms with Crippen molar-refractivity contribution in [3.05, 3.63) is 0 Å². The number of hydrogen-bond acceptors (Lipinski definition) is 3. The molecule has 0 amide bonds. The first-order chi connectivity index (χ1) is 4.90. The molecular formula is C7H11N3. The summed E-state index contributed by atoms with van der Waals surface area (Å²) in [6.45, 7) is 3.16. The van der Waals surface area contributed by atoms with Crippen LogP contribution in [0.4, 0.5) is 0 Å². The Morgan fingerprint density at radius 1 is 1.30 bits per heavy atom. The molecule has 2 saturated heterocycles. The summed E-state index contributed by atoms with van der Waals surface area (Å²) in [5.41, 5.74) is 0. The van der Waals surface area contributed by atoms with Crippen molar-refractivity contribution in [2.75, 3.05) is 19.6 Å². The Kier molecular flexibility index (Phi) is 1.28. The Morgan fingerprint density at radius 2 is 2.10 bits per heavy atom. The van der Waals surface area contributed by atoms with Crippen LogP contribution in [0.2, 0.25) is 0 Å². The standard InChI is InChI=1S/C7H11N3/c8-6-10-4-2-7-1-3-9(10)5-7/h7H,1-5H2. The third-order valence-electron chi connectivity index (χ3n) is 2.47. The fourth-order valence-electron chi connectivity index (χ4n) is 1.83. The van der Waals surface area contributed by atoms with E-state index in [1.807, 2.05) is 0 Å². The molecule has 2 aliphatic heterocycles. The molecule has 2 heterocycles. The maximum Gasteiger partial charge on any atom is 0.195 e. The highest BCUT2D eigenvalue weighted by molar-refractivity contribution is 4.85. The van der Waals surface area contributed by atoms with Gasteiger partial charge in [-0.2, -0.15) is 5.26 Å². The van der Waals surface area contributed by atoms with Crippen LogP contribution < -0.4 is 0 Å². The number of rotatable bonds is 0. The van der Waals surface area contributed by atoms with Crippen molar-refractivity contribution in [2.24, 2.45) is 5.92 Å². The molecule has 3 heteroatoms. The molecule has 3 nitrogen and oxygen atoms in total. The van der Waals surface area contributed by atoms with Gasteiger partial charge in [-0.05, 0) is 18.8 Å². The molecule has 0 aliphatic carbocycles. The zero-order valence-electron chi connectivity index (χ0n) is 5.95. The average Bonchev–Trinajstić information content (AvgIpc) is 2.34. The first kappa shape index (κ1) is 5.99. The van der Waals surface area contributed by atoms with Gasteiger partial charge >= 0.3 is 0 Å². The fourth-order valence-corrected chi connectivity index (χ4v) is 1.83. The molecule has 2 unspecified atom stereocenters. The van der Waals surface area contributed by atoms with Crippen LogP contribution in [0.3, 0.4) is 0 Å². The lowest BCUT2D eigenvalue weighted by Gasteiger charge is -2.30. The number of fused-ring (bicyclic) bond motifs is 2. The normalized spacial score (nSPS) is 37.7. The summed E-state index contributed by atoms with van der Waals surface area (Å²) in [4.78, 5) is 0. The first-order valence-corrected chi connectivity index (χ1v) is 3.82. The van der Waals surface area contributed by atoms with Gasteiger partial charge in [-0.15, -0.1) is 0 Å². The quantitative estimate of drug-likeness (QED) is 0.453. The van der Waals surface area contributed by atoms with Crippen LogP contribution in [0.25, 0.3) is 0 Å². The van der Waals surface area contributed by atoms with Crippen molar-refractivity contribution in [1.82, 2.24) is 10.0 Å². The minimum absolute atomic E-state index is 0.879. The van der Waals surface area contributed by atoms with Crippen LogP contribution >= 0.6 is 0 Å². The minimum Gasteiger partial charge on any atom is -0.242 e. The molecule has 54 valence electrons. The molecule has 0 saturated carbocycles. The van der Waals surface area contributed by atoms with Gasteiger partial charge in [0.05, 0.1) is 0 Å². The highest BCUT2D eigenvalue weighted by Crippen LogP contribution is 2.25. The molecule has 2 atom stereocenters. The van der Waals surface area contributed by atoms with E-state index in [0.29, 0.717) is 0 Å². The lowest BCUT2D eigenvalue weighted by atomic mass is 10.0. The zero-order valence-corrected chi connectivity index (χ0v) is 5.95. The minimum atomic E-state index is 0.879. The van der Waals surface area contributed by atoms with Gasteiger partial charge in [0.25, 0.3) is 0 Å². The van der Waals surface area contributed by atoms with Gasteiger partial charge in [0.15, 0.2) is 6.19 Å². The Hall–Kier alpha value is -0.750. The Morgan fingerprint density at radius 3 is 2.90 bits per heavy atom. The van der Waals surface area contributed by atoms with Crippen LogP contribution in [0, 0.1) is 17.4 Å². The molecular weight excluding hydrogens is 126 g/mol. The van der Waals surface area contributed by atoms with Crippen LogP contribution in [0.15, 0.2) is 0 Å². The topological polar surface area (TPSA) is 30.3 Å². The predicted octanol–water partition coefficient (Wildman–Crippen LogP) is 0.410. The van der Waals surface area contributed by atoms with Crippen LogP contribution in [-0.2, 0) is 0 Å². The smallest absolute Gasteiger partial charge is 0.195 e. The number of hydrazine groups is 1. The van der Waals surface area contributed by atoms with E-state index < -0.39 is 0 Å². The summed E-state index contributed by atoms with van der Waals surface area (Å²) < 4.78 is 0. The van der Waals surface area contributed by atoms with Crippen molar-refractivity contribution in [3.63, 3.8) is 0 Å². The Labute approximate surface area is 60.8 Å². The second kappa shape index (κ2) is 2.14. The van der Waals surface area contributed by atoms with Gasteiger partial charge in [0, 0.05) is 19.6 Å². The van der Waals surface area contributed by atoms with Crippen molar-refractivity contribution in [2.45, 2.75) is 12.8 Å². The van der Waals surface area contributed by atoms with E-state index in [0.717, 1.165) is 25.6 Å². The number of hydrogen-bond donors (Lipinski definition) is 0. The Balaban J connectivity index is 2.08. The van der Waals surface area contributed by atoms with Crippen molar-refractivity contribution < 1.29 is 0 Å². The molecule has 2 rings (SSSR count). The second-order valence-electron chi connectivity index (χ2n) is 3.08. The zero-order chi connectivity index (χ0) is 6.97. The summed E-state index contributed by atoms with van der Waals surface area (Å²) in [6, 6.07) is 0. The predicted molar refractivity (Wildman–Crippen MR) is 36.6 cm³/mol. The maximum absolute atomic E-state index is 8.65. The van der Waals surface area contributed by atoms with E-state index in [9.17, 15) is 0 Å². The van der Waals surface area contributed by atoms with E-state index >= 15 is 0 Å². The monoisotopic (exact) mass is 137 g/mol. The van der Waals surface area contributed by atoms with Gasteiger partial charge < -0.3 is 0 Å². The third kappa shape index (κ3) is 0.764. The summed E-state index contributed by atoms with van der Waals surface area (Å²) in [7, 11) is 0. The third-order valence-corrected chi connectivity index (χ3v) is 2.47. The molecule has 2 aliphatic rings. The average molecular weight is 137 g/mol. The van der Waals surface area contributed by atoms with Crippen LogP contribution in [0.1, 0.15) is 12.8 Å². The fraction of sp³-hybridized carbons (Fsp3) is 0.857. The molecule has 2 fully saturated rings. The molecule has 0 radical (unpaired) electrons. The highest BCUT2D eigenvalue weighted by Gasteiger charge is 2.31. The van der Waals surface area contributed by atoms with Gasteiger partial charge in [0.2, 0.25) is 0 Å². The van der Waals surface area contributed by atoms with Crippen molar-refractivity contribution in [3.8, 4) is 6.19 Å². The summed E-state index contributed by atoms with van der Waals surface area (Å²) >= 11 is 0. The number of nitriles is 1. The lowest BCUT2D eigenvalue weighted by Crippen LogP contribution is -2.41. The van der Waals surface area contributed by atoms with Gasteiger partial charge in [-0.25, -0.2) is 10.0 Å². The van der Waals surface area contributed by atoms with E-state index in [2.05, 4.69) is 11.2 Å². The van der Waals surface area contributed by atoms with Gasteiger partial charge in [-0.1, -0.05) is 0 Å². The van der Waals surface area contributed by atoms with Gasteiger partial charge in [-0.3, -0.25) is 0 Å². The summed E-state index contributed by atoms with van der Waals surface area (Å²) in [5, 5.41) is 12.6. The number of nitrogens with zero attached hydrogens (tertiary/aromatic N) is 3. The van der Waals surface area contributed by atoms with E-state index in [1.165, 1.54) is 12.8 Å². The molecule has 0 N–H and O–H groups in total. The first-order valence-electron chi connectivity index (χ1n) is 3.82. The van der Waals surface area contributed by atoms with E-state index in [1.54, 1.807) is 5.01 Å². The molecule has 0 aromatic heterocycles. The van der Waals surface area contributed by atoms with Crippen LogP contribution in [0.5, 0.6) is 0 Å². The molecule has 0 spiro atoms. The van der Waals surface area contributed by atoms with Gasteiger partial charge in [0.1, 0.15) is 0 Å². The summed E-state index contributed by atoms with van der Waals surface area (Å²) in [5.74, 6) is 0.879. The van der Waals surface area contributed by atoms with Crippen molar-refractivity contribution >= 4 is 0 Å². The SMILES string of the molecule is N#CN1CCC2CCN1C2. The molecule has 0 aromatic rings. The highest BCUT2D eigenvalue weighted by atomic mass is 15.6. The van der Waals surface area contributed by atoms with Crippen molar-refractivity contribution in [1.29, 1.82) is 5.26 Å². The second-order valence-corrected chi connectivity index (χ2v) is 3.08. The summed E-state index contributed by atoms with van der Waals surface area (Å²) in [6.07, 6.45) is 4.69.